The highest BCUT2D eigenvalue weighted by atomic mass is 32.1. The molecular weight excluding hydrogens is 318 g/mol. The van der Waals surface area contributed by atoms with Crippen molar-refractivity contribution < 1.29 is 8.78 Å². The van der Waals surface area contributed by atoms with Crippen molar-refractivity contribution in [3.63, 3.8) is 0 Å². The Morgan fingerprint density at radius 3 is 2.83 bits per heavy atom. The van der Waals surface area contributed by atoms with Crippen molar-refractivity contribution in [1.82, 2.24) is 9.88 Å². The van der Waals surface area contributed by atoms with Crippen LogP contribution in [0.4, 0.5) is 8.78 Å². The number of aromatic amines is 1. The first-order valence-electron chi connectivity index (χ1n) is 7.80. The van der Waals surface area contributed by atoms with E-state index < -0.39 is 5.92 Å². The Hall–Kier alpha value is -1.53. The van der Waals surface area contributed by atoms with E-state index in [1.165, 1.54) is 0 Å². The largest absolute Gasteiger partial charge is 0.326 e. The Bertz CT molecular complexity index is 766. The van der Waals surface area contributed by atoms with Crippen LogP contribution >= 0.6 is 11.3 Å². The second-order valence-electron chi connectivity index (χ2n) is 6.10. The van der Waals surface area contributed by atoms with Gasteiger partial charge in [0.25, 0.3) is 11.5 Å². The van der Waals surface area contributed by atoms with Crippen LogP contribution in [0.2, 0.25) is 0 Å². The van der Waals surface area contributed by atoms with Gasteiger partial charge >= 0.3 is 0 Å². The molecule has 6 heteroatoms. The van der Waals surface area contributed by atoms with Gasteiger partial charge in [-0.1, -0.05) is 6.92 Å². The number of rotatable bonds is 4. The number of hydrogen-bond donors (Lipinski definition) is 1. The number of halogens is 2. The summed E-state index contributed by atoms with van der Waals surface area (Å²) in [6.07, 6.45) is 0.633. The lowest BCUT2D eigenvalue weighted by Gasteiger charge is -2.14. The predicted octanol–water partition coefficient (Wildman–Crippen LogP) is 3.82. The van der Waals surface area contributed by atoms with Crippen LogP contribution in [-0.4, -0.2) is 28.9 Å². The molecule has 2 aromatic heterocycles. The van der Waals surface area contributed by atoms with Gasteiger partial charge in [-0.15, -0.1) is 11.3 Å². The minimum atomic E-state index is -2.55. The molecular formula is C17H20F2N2OS. The highest BCUT2D eigenvalue weighted by Gasteiger charge is 2.38. The Kier molecular flexibility index (Phi) is 4.38. The first-order chi connectivity index (χ1) is 10.9. The monoisotopic (exact) mass is 338 g/mol. The van der Waals surface area contributed by atoms with Crippen LogP contribution in [0.1, 0.15) is 29.5 Å². The van der Waals surface area contributed by atoms with E-state index in [1.54, 1.807) is 16.2 Å². The molecule has 1 saturated heterocycles. The number of thiophene rings is 1. The SMILES string of the molecule is CCc1cc(-c2ccc(CN3CCC(F)(F)C3)s2)c(C)[nH]c1=O. The molecule has 0 aromatic carbocycles. The zero-order valence-electron chi connectivity index (χ0n) is 13.3. The smallest absolute Gasteiger partial charge is 0.261 e. The van der Waals surface area contributed by atoms with Crippen LogP contribution in [0.3, 0.4) is 0 Å². The standard InChI is InChI=1S/C17H20F2N2OS/c1-3-12-8-14(11(2)20-16(12)22)15-5-4-13(23-15)9-21-7-6-17(18,19)10-21/h4-5,8H,3,6-7,9-10H2,1-2H3,(H,20,22). The average Bonchev–Trinajstić information content (AvgIpc) is 3.06. The summed E-state index contributed by atoms with van der Waals surface area (Å²) in [6, 6.07) is 5.94. The zero-order valence-corrected chi connectivity index (χ0v) is 14.1. The number of H-pyrrole nitrogens is 1. The fraction of sp³-hybridized carbons (Fsp3) is 0.471. The summed E-state index contributed by atoms with van der Waals surface area (Å²) in [5, 5.41) is 0. The molecule has 0 radical (unpaired) electrons. The highest BCUT2D eigenvalue weighted by molar-refractivity contribution is 7.15. The van der Waals surface area contributed by atoms with E-state index in [-0.39, 0.29) is 18.5 Å². The maximum Gasteiger partial charge on any atom is 0.261 e. The molecule has 23 heavy (non-hydrogen) atoms. The molecule has 1 aliphatic heterocycles. The summed E-state index contributed by atoms with van der Waals surface area (Å²) in [4.78, 5) is 18.6. The fourth-order valence-electron chi connectivity index (χ4n) is 2.95. The molecule has 0 saturated carbocycles. The summed E-state index contributed by atoms with van der Waals surface area (Å²) in [7, 11) is 0. The van der Waals surface area contributed by atoms with Crippen LogP contribution in [0, 0.1) is 6.92 Å². The van der Waals surface area contributed by atoms with Gasteiger partial charge in [-0.05, 0) is 31.5 Å². The van der Waals surface area contributed by atoms with E-state index in [4.69, 9.17) is 0 Å². The van der Waals surface area contributed by atoms with Crippen molar-refractivity contribution in [2.24, 2.45) is 0 Å². The van der Waals surface area contributed by atoms with E-state index >= 15 is 0 Å². The molecule has 0 amide bonds. The molecule has 124 valence electrons. The van der Waals surface area contributed by atoms with Gasteiger partial charge in [-0.3, -0.25) is 9.69 Å². The zero-order chi connectivity index (χ0) is 16.6. The van der Waals surface area contributed by atoms with Gasteiger partial charge in [-0.25, -0.2) is 8.78 Å². The van der Waals surface area contributed by atoms with Gasteiger partial charge in [0, 0.05) is 46.1 Å². The van der Waals surface area contributed by atoms with E-state index in [1.807, 2.05) is 32.0 Å². The molecule has 3 heterocycles. The molecule has 1 fully saturated rings. The molecule has 2 aromatic rings. The number of aromatic nitrogens is 1. The number of pyridine rings is 1. The summed E-state index contributed by atoms with van der Waals surface area (Å²) in [5.41, 5.74) is 2.59. The number of nitrogens with zero attached hydrogens (tertiary/aromatic N) is 1. The van der Waals surface area contributed by atoms with E-state index in [2.05, 4.69) is 4.98 Å². The van der Waals surface area contributed by atoms with E-state index in [0.29, 0.717) is 19.5 Å². The molecule has 0 aliphatic carbocycles. The Morgan fingerprint density at radius 2 is 2.17 bits per heavy atom. The van der Waals surface area contributed by atoms with Crippen LogP contribution in [0.5, 0.6) is 0 Å². The highest BCUT2D eigenvalue weighted by Crippen LogP contribution is 2.33. The molecule has 0 unspecified atom stereocenters. The molecule has 0 spiro atoms. The third kappa shape index (κ3) is 3.53. The number of hydrogen-bond acceptors (Lipinski definition) is 3. The normalized spacial score (nSPS) is 17.7. The van der Waals surface area contributed by atoms with Gasteiger partial charge < -0.3 is 4.98 Å². The summed E-state index contributed by atoms with van der Waals surface area (Å²) in [5.74, 6) is -2.55. The Morgan fingerprint density at radius 1 is 1.39 bits per heavy atom. The number of nitrogens with one attached hydrogen (secondary N) is 1. The molecule has 3 nitrogen and oxygen atoms in total. The minimum Gasteiger partial charge on any atom is -0.326 e. The molecule has 0 bridgehead atoms. The second-order valence-corrected chi connectivity index (χ2v) is 7.27. The van der Waals surface area contributed by atoms with E-state index in [0.717, 1.165) is 26.6 Å². The molecule has 3 rings (SSSR count). The lowest BCUT2D eigenvalue weighted by Crippen LogP contribution is -2.24. The maximum absolute atomic E-state index is 13.3. The fourth-order valence-corrected chi connectivity index (χ4v) is 4.08. The van der Waals surface area contributed by atoms with Crippen molar-refractivity contribution in [2.75, 3.05) is 13.1 Å². The van der Waals surface area contributed by atoms with Crippen LogP contribution in [0.25, 0.3) is 10.4 Å². The van der Waals surface area contributed by atoms with Gasteiger partial charge in [0.05, 0.1) is 6.54 Å². The molecule has 1 aliphatic rings. The van der Waals surface area contributed by atoms with Crippen molar-refractivity contribution >= 4 is 11.3 Å². The first-order valence-corrected chi connectivity index (χ1v) is 8.61. The molecule has 0 atom stereocenters. The topological polar surface area (TPSA) is 36.1 Å². The third-order valence-electron chi connectivity index (χ3n) is 4.25. The van der Waals surface area contributed by atoms with Crippen molar-refractivity contribution in [3.8, 4) is 10.4 Å². The first kappa shape index (κ1) is 16.3. The Balaban J connectivity index is 1.81. The lowest BCUT2D eigenvalue weighted by molar-refractivity contribution is 0.0116. The summed E-state index contributed by atoms with van der Waals surface area (Å²) >= 11 is 1.60. The average molecular weight is 338 g/mol. The predicted molar refractivity (Wildman–Crippen MR) is 89.3 cm³/mol. The van der Waals surface area contributed by atoms with Crippen molar-refractivity contribution in [1.29, 1.82) is 0 Å². The number of likely N-dealkylation sites (tertiary alicyclic amines) is 1. The second kappa shape index (κ2) is 6.17. The lowest BCUT2D eigenvalue weighted by atomic mass is 10.1. The van der Waals surface area contributed by atoms with Gasteiger partial charge in [0.2, 0.25) is 0 Å². The number of aryl methyl sites for hydroxylation is 2. The van der Waals surface area contributed by atoms with Crippen LogP contribution in [-0.2, 0) is 13.0 Å². The van der Waals surface area contributed by atoms with Gasteiger partial charge in [-0.2, -0.15) is 0 Å². The summed E-state index contributed by atoms with van der Waals surface area (Å²) < 4.78 is 26.5. The van der Waals surface area contributed by atoms with Gasteiger partial charge in [0.1, 0.15) is 0 Å². The Labute approximate surface area is 138 Å². The quantitative estimate of drug-likeness (QED) is 0.920. The van der Waals surface area contributed by atoms with Crippen molar-refractivity contribution in [2.45, 2.75) is 39.2 Å². The maximum atomic E-state index is 13.3. The van der Waals surface area contributed by atoms with Crippen LogP contribution in [0.15, 0.2) is 23.0 Å². The molecule has 1 N–H and O–H groups in total. The number of alkyl halides is 2. The van der Waals surface area contributed by atoms with Crippen LogP contribution < -0.4 is 5.56 Å². The van der Waals surface area contributed by atoms with Crippen molar-refractivity contribution in [3.05, 3.63) is 44.7 Å². The van der Waals surface area contributed by atoms with Gasteiger partial charge in [0.15, 0.2) is 0 Å². The van der Waals surface area contributed by atoms with E-state index in [9.17, 15) is 13.6 Å². The summed E-state index contributed by atoms with van der Waals surface area (Å²) in [6.45, 7) is 4.69. The minimum absolute atomic E-state index is 0.0372. The third-order valence-corrected chi connectivity index (χ3v) is 5.35.